The van der Waals surface area contributed by atoms with Crippen LogP contribution in [-0.2, 0) is 7.05 Å². The molecule has 22 heavy (non-hydrogen) atoms. The van der Waals surface area contributed by atoms with Gasteiger partial charge in [0, 0.05) is 45.6 Å². The van der Waals surface area contributed by atoms with Crippen LogP contribution in [0.4, 0.5) is 11.8 Å². The van der Waals surface area contributed by atoms with Crippen molar-refractivity contribution in [2.75, 3.05) is 31.1 Å². The molecule has 2 aromatic heterocycles. The summed E-state index contributed by atoms with van der Waals surface area (Å²) in [6.07, 6.45) is 3.60. The summed E-state index contributed by atoms with van der Waals surface area (Å²) in [5.74, 6) is 0.112. The van der Waals surface area contributed by atoms with Crippen LogP contribution in [0.1, 0.15) is 10.6 Å². The Bertz CT molecular complexity index is 699. The molecule has 0 bridgehead atoms. The third kappa shape index (κ3) is 2.52. The average Bonchev–Trinajstić information content (AvgIpc) is 3.15. The number of aryl methyl sites for hydroxylation is 1. The van der Waals surface area contributed by atoms with Crippen LogP contribution in [0.5, 0.6) is 0 Å². The van der Waals surface area contributed by atoms with Crippen LogP contribution in [0.3, 0.4) is 0 Å². The van der Waals surface area contributed by atoms with Crippen molar-refractivity contribution in [1.29, 1.82) is 0 Å². The number of carbonyl (C=O) groups excluding carboxylic acids is 1. The molecule has 1 saturated heterocycles. The largest absolute Gasteiger partial charge is 0.433 e. The number of hydrogen-bond acceptors (Lipinski definition) is 6. The molecule has 0 atom stereocenters. The Morgan fingerprint density at radius 1 is 1.32 bits per heavy atom. The number of furan rings is 1. The van der Waals surface area contributed by atoms with Crippen LogP contribution in [0, 0.1) is 10.1 Å². The Hall–Kier alpha value is -2.84. The summed E-state index contributed by atoms with van der Waals surface area (Å²) in [4.78, 5) is 30.2. The number of carbonyl (C=O) groups is 1. The number of nitro groups is 1. The average molecular weight is 305 g/mol. The maximum absolute atomic E-state index is 12.3. The van der Waals surface area contributed by atoms with E-state index in [1.165, 1.54) is 12.1 Å². The topological polar surface area (TPSA) is 97.7 Å². The molecule has 1 fully saturated rings. The van der Waals surface area contributed by atoms with Gasteiger partial charge in [0.05, 0.1) is 6.07 Å². The molecule has 0 aliphatic carbocycles. The first-order valence-corrected chi connectivity index (χ1v) is 6.82. The molecule has 9 nitrogen and oxygen atoms in total. The Kier molecular flexibility index (Phi) is 3.53. The smallest absolute Gasteiger partial charge is 0.395 e. The molecule has 3 rings (SSSR count). The minimum absolute atomic E-state index is 0.00265. The molecule has 116 valence electrons. The second-order valence-electron chi connectivity index (χ2n) is 5.01. The fraction of sp³-hybridized carbons (Fsp3) is 0.385. The summed E-state index contributed by atoms with van der Waals surface area (Å²) >= 11 is 0. The SMILES string of the molecule is Cn1ccnc1N1CCN(C(=O)c2ccc([N+](=O)[O-])o2)CC1. The summed E-state index contributed by atoms with van der Waals surface area (Å²) in [7, 11) is 1.92. The van der Waals surface area contributed by atoms with E-state index in [2.05, 4.69) is 9.88 Å². The molecule has 0 radical (unpaired) electrons. The molecule has 1 amide bonds. The molecular weight excluding hydrogens is 290 g/mol. The molecule has 0 unspecified atom stereocenters. The summed E-state index contributed by atoms with van der Waals surface area (Å²) in [6.45, 7) is 2.33. The van der Waals surface area contributed by atoms with Gasteiger partial charge in [-0.15, -0.1) is 0 Å². The van der Waals surface area contributed by atoms with Crippen molar-refractivity contribution in [3.8, 4) is 0 Å². The summed E-state index contributed by atoms with van der Waals surface area (Å²) in [6, 6.07) is 2.53. The molecule has 9 heteroatoms. The molecule has 0 spiro atoms. The fourth-order valence-electron chi connectivity index (χ4n) is 2.47. The van der Waals surface area contributed by atoms with Gasteiger partial charge in [-0.2, -0.15) is 0 Å². The van der Waals surface area contributed by atoms with Gasteiger partial charge in [0.25, 0.3) is 5.91 Å². The predicted molar refractivity (Wildman–Crippen MR) is 76.7 cm³/mol. The highest BCUT2D eigenvalue weighted by molar-refractivity contribution is 5.91. The molecule has 1 aliphatic rings. The van der Waals surface area contributed by atoms with E-state index < -0.39 is 10.8 Å². The number of nitrogens with zero attached hydrogens (tertiary/aromatic N) is 5. The van der Waals surface area contributed by atoms with Gasteiger partial charge in [-0.05, 0) is 6.07 Å². The lowest BCUT2D eigenvalue weighted by Gasteiger charge is -2.34. The number of amides is 1. The van der Waals surface area contributed by atoms with E-state index in [-0.39, 0.29) is 11.7 Å². The van der Waals surface area contributed by atoms with Crippen LogP contribution in [-0.4, -0.2) is 51.5 Å². The first-order chi connectivity index (χ1) is 10.6. The maximum atomic E-state index is 12.3. The minimum atomic E-state index is -0.657. The van der Waals surface area contributed by atoms with E-state index in [0.717, 1.165) is 5.95 Å². The predicted octanol–water partition coefficient (Wildman–Crippen LogP) is 0.884. The Morgan fingerprint density at radius 3 is 2.59 bits per heavy atom. The van der Waals surface area contributed by atoms with Crippen molar-refractivity contribution in [3.63, 3.8) is 0 Å². The van der Waals surface area contributed by atoms with Gasteiger partial charge < -0.3 is 18.8 Å². The van der Waals surface area contributed by atoms with E-state index in [9.17, 15) is 14.9 Å². The third-order valence-corrected chi connectivity index (χ3v) is 3.63. The van der Waals surface area contributed by atoms with Crippen LogP contribution < -0.4 is 4.90 Å². The van der Waals surface area contributed by atoms with E-state index in [0.29, 0.717) is 26.2 Å². The number of anilines is 1. The fourth-order valence-corrected chi connectivity index (χ4v) is 2.47. The zero-order valence-electron chi connectivity index (χ0n) is 12.0. The lowest BCUT2D eigenvalue weighted by molar-refractivity contribution is -0.402. The van der Waals surface area contributed by atoms with Crippen molar-refractivity contribution in [1.82, 2.24) is 14.5 Å². The lowest BCUT2D eigenvalue weighted by atomic mass is 10.3. The van der Waals surface area contributed by atoms with Gasteiger partial charge in [-0.1, -0.05) is 0 Å². The minimum Gasteiger partial charge on any atom is -0.395 e. The molecule has 0 saturated carbocycles. The Labute approximate surface area is 125 Å². The third-order valence-electron chi connectivity index (χ3n) is 3.63. The number of rotatable bonds is 3. The normalized spacial score (nSPS) is 15.1. The zero-order valence-corrected chi connectivity index (χ0v) is 12.0. The number of aromatic nitrogens is 2. The first-order valence-electron chi connectivity index (χ1n) is 6.82. The van der Waals surface area contributed by atoms with E-state index >= 15 is 0 Å². The highest BCUT2D eigenvalue weighted by atomic mass is 16.6. The summed E-state index contributed by atoms with van der Waals surface area (Å²) in [5.41, 5.74) is 0. The Morgan fingerprint density at radius 2 is 2.05 bits per heavy atom. The second-order valence-corrected chi connectivity index (χ2v) is 5.01. The van der Waals surface area contributed by atoms with Gasteiger partial charge in [0.2, 0.25) is 5.95 Å². The lowest BCUT2D eigenvalue weighted by Crippen LogP contribution is -2.49. The molecular formula is C13H15N5O4. The number of piperazine rings is 1. The van der Waals surface area contributed by atoms with Crippen LogP contribution in [0.15, 0.2) is 28.9 Å². The second kappa shape index (κ2) is 5.51. The molecule has 3 heterocycles. The van der Waals surface area contributed by atoms with Crippen LogP contribution in [0.25, 0.3) is 0 Å². The van der Waals surface area contributed by atoms with Crippen molar-refractivity contribution in [2.24, 2.45) is 7.05 Å². The maximum Gasteiger partial charge on any atom is 0.433 e. The van der Waals surface area contributed by atoms with Gasteiger partial charge in [0.1, 0.15) is 4.92 Å². The van der Waals surface area contributed by atoms with E-state index in [4.69, 9.17) is 4.42 Å². The number of hydrogen-bond donors (Lipinski definition) is 0. The van der Waals surface area contributed by atoms with Crippen molar-refractivity contribution < 1.29 is 14.1 Å². The van der Waals surface area contributed by atoms with E-state index in [1.807, 2.05) is 17.8 Å². The van der Waals surface area contributed by atoms with Crippen LogP contribution >= 0.6 is 0 Å². The van der Waals surface area contributed by atoms with E-state index in [1.54, 1.807) is 11.1 Å². The standard InChI is InChI=1S/C13H15N5O4/c1-15-5-4-14-13(15)17-8-6-16(7-9-17)12(19)10-2-3-11(22-10)18(20)21/h2-5H,6-9H2,1H3. The summed E-state index contributed by atoms with van der Waals surface area (Å²) in [5, 5.41) is 10.6. The van der Waals surface area contributed by atoms with Crippen molar-refractivity contribution in [3.05, 3.63) is 40.4 Å². The van der Waals surface area contributed by atoms with Crippen LogP contribution in [0.2, 0.25) is 0 Å². The Balaban J connectivity index is 1.64. The first kappa shape index (κ1) is 14.1. The van der Waals surface area contributed by atoms with Gasteiger partial charge >= 0.3 is 5.88 Å². The highest BCUT2D eigenvalue weighted by Crippen LogP contribution is 2.19. The monoisotopic (exact) mass is 305 g/mol. The van der Waals surface area contributed by atoms with Gasteiger partial charge in [-0.3, -0.25) is 14.9 Å². The van der Waals surface area contributed by atoms with Gasteiger partial charge in [0.15, 0.2) is 5.76 Å². The summed E-state index contributed by atoms with van der Waals surface area (Å²) < 4.78 is 6.88. The van der Waals surface area contributed by atoms with Crippen molar-refractivity contribution in [2.45, 2.75) is 0 Å². The molecule has 0 aromatic carbocycles. The quantitative estimate of drug-likeness (QED) is 0.617. The zero-order chi connectivity index (χ0) is 15.7. The van der Waals surface area contributed by atoms with Crippen molar-refractivity contribution >= 4 is 17.7 Å². The highest BCUT2D eigenvalue weighted by Gasteiger charge is 2.27. The molecule has 0 N–H and O–H groups in total. The van der Waals surface area contributed by atoms with Gasteiger partial charge in [-0.25, -0.2) is 4.98 Å². The molecule has 2 aromatic rings. The molecule has 1 aliphatic heterocycles. The number of imidazole rings is 1.